The van der Waals surface area contributed by atoms with Crippen LogP contribution in [-0.4, -0.2) is 54.0 Å². The molecule has 1 unspecified atom stereocenters. The highest BCUT2D eigenvalue weighted by molar-refractivity contribution is 5.98. The van der Waals surface area contributed by atoms with Gasteiger partial charge in [-0.15, -0.1) is 0 Å². The molecule has 1 heterocycles. The lowest BCUT2D eigenvalue weighted by Crippen LogP contribution is -2.41. The fourth-order valence-corrected chi connectivity index (χ4v) is 3.58. The second-order valence-corrected chi connectivity index (χ2v) is 9.19. The molecule has 0 aliphatic carbocycles. The van der Waals surface area contributed by atoms with Crippen LogP contribution in [0.2, 0.25) is 0 Å². The van der Waals surface area contributed by atoms with Crippen LogP contribution in [0.4, 0.5) is 0 Å². The average Bonchev–Trinajstić information content (AvgIpc) is 2.88. The summed E-state index contributed by atoms with van der Waals surface area (Å²) >= 11 is 0. The van der Waals surface area contributed by atoms with E-state index in [0.717, 1.165) is 17.2 Å². The van der Waals surface area contributed by atoms with E-state index in [0.29, 0.717) is 11.7 Å². The minimum atomic E-state index is -0.892. The van der Waals surface area contributed by atoms with Crippen molar-refractivity contribution >= 4 is 28.6 Å². The summed E-state index contributed by atoms with van der Waals surface area (Å²) in [5.41, 5.74) is -0.110. The number of hydrogen-bond donors (Lipinski definition) is 2. The number of carbonyl (C=O) groups excluding carboxylic acids is 3. The summed E-state index contributed by atoms with van der Waals surface area (Å²) in [6.45, 7) is 8.19. The maximum absolute atomic E-state index is 12.6. The first-order valence-corrected chi connectivity index (χ1v) is 12.5. The van der Waals surface area contributed by atoms with Gasteiger partial charge >= 0.3 is 11.9 Å². The van der Waals surface area contributed by atoms with Gasteiger partial charge in [-0.3, -0.25) is 9.59 Å². The first-order valence-electron chi connectivity index (χ1n) is 12.5. The predicted molar refractivity (Wildman–Crippen MR) is 146 cm³/mol. The van der Waals surface area contributed by atoms with Crippen LogP contribution in [-0.2, 0) is 19.1 Å². The van der Waals surface area contributed by atoms with Crippen LogP contribution in [0.25, 0.3) is 10.8 Å². The number of fused-ring (bicyclic) bond motifs is 1. The molecule has 0 saturated carbocycles. The zero-order valence-corrected chi connectivity index (χ0v) is 23.1. The number of esters is 2. The van der Waals surface area contributed by atoms with E-state index in [1.165, 1.54) is 33.2 Å². The molecule has 2 N–H and O–H groups in total. The number of nitrogens with zero attached hydrogens (tertiary/aromatic N) is 1. The number of hydrogen-bond acceptors (Lipinski definition) is 9. The summed E-state index contributed by atoms with van der Waals surface area (Å²) in [6, 6.07) is 13.9. The van der Waals surface area contributed by atoms with Gasteiger partial charge in [0, 0.05) is 19.2 Å². The summed E-state index contributed by atoms with van der Waals surface area (Å²) in [7, 11) is 1.39. The molecule has 0 saturated heterocycles. The summed E-state index contributed by atoms with van der Waals surface area (Å²) < 4.78 is 20.6. The Morgan fingerprint density at radius 2 is 1.69 bits per heavy atom. The van der Waals surface area contributed by atoms with E-state index in [-0.39, 0.29) is 23.3 Å². The maximum Gasteiger partial charge on any atom is 0.328 e. The Morgan fingerprint density at radius 1 is 1.00 bits per heavy atom. The molecule has 2 aromatic carbocycles. The van der Waals surface area contributed by atoms with Crippen molar-refractivity contribution in [2.24, 2.45) is 5.92 Å². The number of phenolic OH excluding ortho intramolecular Hbond substituents is 1. The van der Waals surface area contributed by atoms with E-state index in [4.69, 9.17) is 24.1 Å². The number of carbonyl (C=O) groups is 3. The molecule has 0 aliphatic rings. The van der Waals surface area contributed by atoms with Crippen molar-refractivity contribution < 1.29 is 38.4 Å². The van der Waals surface area contributed by atoms with Crippen molar-refractivity contribution in [3.05, 3.63) is 60.4 Å². The topological polar surface area (TPSA) is 133 Å². The standard InChI is InChI=1S/C19H28N2O7.C10H8O/c1-11(2)9-12(3)28-19(24)13(4)21-18(23)16-17(27-10-26-14(5)22)15(25-6)7-8-20-16;11-10-6-5-8-3-1-2-4-9(8)7-10/h7-8,11-13H,9-10H2,1-6H3,(H,21,23);1-7,11H/t12?,13-;/m0./s1. The molecule has 0 fully saturated rings. The van der Waals surface area contributed by atoms with Gasteiger partial charge in [0.1, 0.15) is 11.8 Å². The Bertz CT molecular complexity index is 1260. The fourth-order valence-electron chi connectivity index (χ4n) is 3.58. The van der Waals surface area contributed by atoms with Gasteiger partial charge < -0.3 is 29.4 Å². The molecule has 0 radical (unpaired) electrons. The molecule has 210 valence electrons. The minimum absolute atomic E-state index is 0.00232. The molecule has 3 rings (SSSR count). The molecule has 0 aliphatic heterocycles. The van der Waals surface area contributed by atoms with E-state index in [9.17, 15) is 14.4 Å². The fraction of sp³-hybridized carbons (Fsp3) is 0.379. The van der Waals surface area contributed by atoms with E-state index in [1.807, 2.05) is 44.2 Å². The lowest BCUT2D eigenvalue weighted by molar-refractivity contribution is -0.151. The molecule has 0 bridgehead atoms. The van der Waals surface area contributed by atoms with Gasteiger partial charge in [0.15, 0.2) is 17.2 Å². The second kappa shape index (κ2) is 15.2. The Kier molecular flexibility index (Phi) is 12.0. The van der Waals surface area contributed by atoms with E-state index in [1.54, 1.807) is 19.1 Å². The van der Waals surface area contributed by atoms with E-state index < -0.39 is 30.7 Å². The summed E-state index contributed by atoms with van der Waals surface area (Å²) in [5, 5.41) is 13.9. The van der Waals surface area contributed by atoms with E-state index in [2.05, 4.69) is 10.3 Å². The Hall–Kier alpha value is -4.34. The third-order valence-corrected chi connectivity index (χ3v) is 5.32. The van der Waals surface area contributed by atoms with Crippen molar-refractivity contribution in [3.8, 4) is 17.2 Å². The molecule has 2 atom stereocenters. The SMILES string of the molecule is COc1ccnc(C(=O)N[C@@H](C)C(=O)OC(C)CC(C)C)c1OCOC(C)=O.Oc1ccc2ccccc2c1. The summed E-state index contributed by atoms with van der Waals surface area (Å²) in [6.07, 6.45) is 1.82. The lowest BCUT2D eigenvalue weighted by Gasteiger charge is -2.19. The molecule has 10 nitrogen and oxygen atoms in total. The van der Waals surface area contributed by atoms with Gasteiger partial charge in [-0.1, -0.05) is 44.2 Å². The highest BCUT2D eigenvalue weighted by atomic mass is 16.7. The van der Waals surface area contributed by atoms with E-state index >= 15 is 0 Å². The minimum Gasteiger partial charge on any atom is -0.508 e. The number of aromatic hydroxyl groups is 1. The number of nitrogens with one attached hydrogen (secondary N) is 1. The van der Waals surface area contributed by atoms with Crippen LogP contribution in [0.3, 0.4) is 0 Å². The third kappa shape index (κ3) is 10.1. The normalized spacial score (nSPS) is 12.0. The van der Waals surface area contributed by atoms with Crippen LogP contribution in [0.15, 0.2) is 54.7 Å². The number of benzene rings is 2. The summed E-state index contributed by atoms with van der Waals surface area (Å²) in [5.74, 6) is -0.815. The van der Waals surface area contributed by atoms with Crippen LogP contribution in [0, 0.1) is 5.92 Å². The van der Waals surface area contributed by atoms with Crippen molar-refractivity contribution in [3.63, 3.8) is 0 Å². The highest BCUT2D eigenvalue weighted by Crippen LogP contribution is 2.29. The van der Waals surface area contributed by atoms with Crippen LogP contribution >= 0.6 is 0 Å². The Morgan fingerprint density at radius 3 is 2.33 bits per heavy atom. The lowest BCUT2D eigenvalue weighted by atomic mass is 10.1. The van der Waals surface area contributed by atoms with Gasteiger partial charge in [0.2, 0.25) is 6.79 Å². The number of rotatable bonds is 10. The molecule has 1 aromatic heterocycles. The van der Waals surface area contributed by atoms with Crippen molar-refractivity contribution in [1.29, 1.82) is 0 Å². The van der Waals surface area contributed by atoms with Gasteiger partial charge in [0.25, 0.3) is 5.91 Å². The number of methoxy groups -OCH3 is 1. The highest BCUT2D eigenvalue weighted by Gasteiger charge is 2.25. The smallest absolute Gasteiger partial charge is 0.328 e. The molecule has 1 amide bonds. The quantitative estimate of drug-likeness (QED) is 0.279. The first-order chi connectivity index (χ1) is 18.5. The second-order valence-electron chi connectivity index (χ2n) is 9.19. The van der Waals surface area contributed by atoms with Gasteiger partial charge in [0.05, 0.1) is 13.2 Å². The number of aromatic nitrogens is 1. The molecule has 0 spiro atoms. The van der Waals surface area contributed by atoms with Gasteiger partial charge in [-0.05, 0) is 49.1 Å². The first kappa shape index (κ1) is 30.9. The zero-order valence-electron chi connectivity index (χ0n) is 23.1. The monoisotopic (exact) mass is 540 g/mol. The summed E-state index contributed by atoms with van der Waals surface area (Å²) in [4.78, 5) is 39.7. The largest absolute Gasteiger partial charge is 0.508 e. The van der Waals surface area contributed by atoms with Crippen molar-refractivity contribution in [1.82, 2.24) is 10.3 Å². The van der Waals surface area contributed by atoms with Crippen molar-refractivity contribution in [2.45, 2.75) is 53.2 Å². The number of amides is 1. The van der Waals surface area contributed by atoms with Gasteiger partial charge in [-0.2, -0.15) is 0 Å². The van der Waals surface area contributed by atoms with Crippen LogP contribution in [0.5, 0.6) is 17.2 Å². The number of pyridine rings is 1. The Balaban J connectivity index is 0.000000397. The molecular weight excluding hydrogens is 504 g/mol. The molecule has 39 heavy (non-hydrogen) atoms. The average molecular weight is 541 g/mol. The molecule has 3 aromatic rings. The molecule has 10 heteroatoms. The van der Waals surface area contributed by atoms with Gasteiger partial charge in [-0.25, -0.2) is 9.78 Å². The molecular formula is C29H36N2O8. The zero-order chi connectivity index (χ0) is 28.9. The third-order valence-electron chi connectivity index (χ3n) is 5.32. The Labute approximate surface area is 228 Å². The number of phenols is 1. The number of ether oxygens (including phenoxy) is 4. The van der Waals surface area contributed by atoms with Crippen molar-refractivity contribution in [2.75, 3.05) is 13.9 Å². The van der Waals surface area contributed by atoms with Crippen LogP contribution in [0.1, 0.15) is 51.5 Å². The predicted octanol–water partition coefficient (Wildman–Crippen LogP) is 4.63. The maximum atomic E-state index is 12.6. The van der Waals surface area contributed by atoms with Crippen LogP contribution < -0.4 is 14.8 Å².